The van der Waals surface area contributed by atoms with Gasteiger partial charge in [0.15, 0.2) is 0 Å². The van der Waals surface area contributed by atoms with Crippen molar-refractivity contribution < 1.29 is 22.7 Å². The highest BCUT2D eigenvalue weighted by Crippen LogP contribution is 2.25. The van der Waals surface area contributed by atoms with Gasteiger partial charge in [-0.3, -0.25) is 4.79 Å². The largest absolute Gasteiger partial charge is 0.497 e. The van der Waals surface area contributed by atoms with E-state index in [1.165, 1.54) is 26.4 Å². The summed E-state index contributed by atoms with van der Waals surface area (Å²) in [5, 5.41) is 2.70. The average molecular weight is 393 g/mol. The molecule has 1 amide bonds. The van der Waals surface area contributed by atoms with Crippen LogP contribution in [0.5, 0.6) is 11.5 Å². The minimum absolute atomic E-state index is 0.0444. The van der Waals surface area contributed by atoms with Crippen LogP contribution >= 0.6 is 0 Å². The third kappa shape index (κ3) is 5.68. The maximum absolute atomic E-state index is 12.4. The number of methoxy groups -OCH3 is 2. The van der Waals surface area contributed by atoms with Crippen molar-refractivity contribution in [3.05, 3.63) is 48.0 Å². The number of nitrogens with two attached hydrogens (primary N) is 1. The van der Waals surface area contributed by atoms with Crippen molar-refractivity contribution in [1.82, 2.24) is 4.72 Å². The van der Waals surface area contributed by atoms with Crippen molar-refractivity contribution in [3.63, 3.8) is 0 Å². The first-order valence-corrected chi connectivity index (χ1v) is 9.68. The first-order chi connectivity index (χ1) is 12.9. The molecule has 0 radical (unpaired) electrons. The molecule has 0 spiro atoms. The summed E-state index contributed by atoms with van der Waals surface area (Å²) in [5.74, 6) is 0.858. The van der Waals surface area contributed by atoms with Gasteiger partial charge in [-0.1, -0.05) is 6.07 Å². The van der Waals surface area contributed by atoms with E-state index in [4.69, 9.17) is 15.2 Å². The van der Waals surface area contributed by atoms with Crippen molar-refractivity contribution in [3.8, 4) is 11.5 Å². The second-order valence-electron chi connectivity index (χ2n) is 5.62. The van der Waals surface area contributed by atoms with Crippen LogP contribution in [0.25, 0.3) is 0 Å². The number of nitrogens with one attached hydrogen (secondary N) is 2. The first-order valence-electron chi connectivity index (χ1n) is 8.20. The van der Waals surface area contributed by atoms with Crippen molar-refractivity contribution in [2.45, 2.75) is 11.3 Å². The molecule has 0 unspecified atom stereocenters. The van der Waals surface area contributed by atoms with Gasteiger partial charge in [0.2, 0.25) is 15.9 Å². The monoisotopic (exact) mass is 393 g/mol. The third-order valence-electron chi connectivity index (χ3n) is 3.70. The molecule has 27 heavy (non-hydrogen) atoms. The molecule has 0 aliphatic carbocycles. The summed E-state index contributed by atoms with van der Waals surface area (Å²) in [7, 11) is -0.619. The van der Waals surface area contributed by atoms with Gasteiger partial charge in [-0.25, -0.2) is 13.1 Å². The lowest BCUT2D eigenvalue weighted by atomic mass is 10.1. The van der Waals surface area contributed by atoms with E-state index in [2.05, 4.69) is 10.0 Å². The number of hydrogen-bond donors (Lipinski definition) is 3. The van der Waals surface area contributed by atoms with E-state index >= 15 is 0 Å². The van der Waals surface area contributed by atoms with Gasteiger partial charge in [-0.05, 0) is 36.4 Å². The Morgan fingerprint density at radius 1 is 1.11 bits per heavy atom. The van der Waals surface area contributed by atoms with Crippen molar-refractivity contribution in [1.29, 1.82) is 0 Å². The Kier molecular flexibility index (Phi) is 7.17. The molecule has 0 aromatic heterocycles. The highest BCUT2D eigenvalue weighted by molar-refractivity contribution is 7.89. The molecule has 8 nitrogen and oxygen atoms in total. The van der Waals surface area contributed by atoms with Crippen LogP contribution < -0.4 is 25.2 Å². The van der Waals surface area contributed by atoms with Crippen molar-refractivity contribution >= 4 is 21.6 Å². The molecule has 0 aliphatic rings. The number of carbonyl (C=O) groups excluding carboxylic acids is 1. The molecule has 146 valence electrons. The van der Waals surface area contributed by atoms with Gasteiger partial charge in [0, 0.05) is 24.3 Å². The fraction of sp³-hybridized carbons (Fsp3) is 0.278. The summed E-state index contributed by atoms with van der Waals surface area (Å²) in [6, 6.07) is 11.2. The van der Waals surface area contributed by atoms with E-state index in [0.29, 0.717) is 22.7 Å². The van der Waals surface area contributed by atoms with Gasteiger partial charge < -0.3 is 20.5 Å². The van der Waals surface area contributed by atoms with Gasteiger partial charge in [0.1, 0.15) is 11.5 Å². The molecular formula is C18H23N3O5S. The minimum atomic E-state index is -3.68. The lowest BCUT2D eigenvalue weighted by molar-refractivity contribution is -0.115. The highest BCUT2D eigenvalue weighted by atomic mass is 32.2. The van der Waals surface area contributed by atoms with Crippen LogP contribution in [0.3, 0.4) is 0 Å². The second-order valence-corrected chi connectivity index (χ2v) is 7.38. The average Bonchev–Trinajstić information content (AvgIpc) is 2.66. The van der Waals surface area contributed by atoms with Gasteiger partial charge in [-0.2, -0.15) is 0 Å². The maximum Gasteiger partial charge on any atom is 0.240 e. The van der Waals surface area contributed by atoms with Gasteiger partial charge in [-0.15, -0.1) is 0 Å². The van der Waals surface area contributed by atoms with E-state index in [9.17, 15) is 13.2 Å². The SMILES string of the molecule is COc1ccc(OC)c(CC(=O)Nc2cccc(S(=O)(=O)NCCN)c2)c1. The Bertz CT molecular complexity index is 900. The highest BCUT2D eigenvalue weighted by Gasteiger charge is 2.15. The molecule has 0 atom stereocenters. The van der Waals surface area contributed by atoms with Crippen LogP contribution in [0.15, 0.2) is 47.4 Å². The standard InChI is InChI=1S/C18H23N3O5S/c1-25-15-6-7-17(26-2)13(10-15)11-18(22)21-14-4-3-5-16(12-14)27(23,24)20-9-8-19/h3-7,10,12,20H,8-9,11,19H2,1-2H3,(H,21,22). The van der Waals surface area contributed by atoms with Gasteiger partial charge in [0.05, 0.1) is 25.5 Å². The lowest BCUT2D eigenvalue weighted by Crippen LogP contribution is -2.29. The summed E-state index contributed by atoms with van der Waals surface area (Å²) in [6.45, 7) is 0.326. The quantitative estimate of drug-likeness (QED) is 0.587. The molecule has 0 bridgehead atoms. The molecule has 2 aromatic carbocycles. The zero-order valence-corrected chi connectivity index (χ0v) is 16.0. The smallest absolute Gasteiger partial charge is 0.240 e. The molecule has 4 N–H and O–H groups in total. The summed E-state index contributed by atoms with van der Waals surface area (Å²) in [6.07, 6.45) is 0.0444. The Morgan fingerprint density at radius 2 is 1.89 bits per heavy atom. The predicted molar refractivity (Wildman–Crippen MR) is 103 cm³/mol. The third-order valence-corrected chi connectivity index (χ3v) is 5.16. The topological polar surface area (TPSA) is 120 Å². The molecular weight excluding hydrogens is 370 g/mol. The Morgan fingerprint density at radius 3 is 2.56 bits per heavy atom. The van der Waals surface area contributed by atoms with Crippen LogP contribution in [-0.4, -0.2) is 41.6 Å². The van der Waals surface area contributed by atoms with Crippen LogP contribution in [0.2, 0.25) is 0 Å². The summed E-state index contributed by atoms with van der Waals surface area (Å²) >= 11 is 0. The number of ether oxygens (including phenoxy) is 2. The van der Waals surface area contributed by atoms with Gasteiger partial charge >= 0.3 is 0 Å². The maximum atomic E-state index is 12.4. The zero-order valence-electron chi connectivity index (χ0n) is 15.2. The van der Waals surface area contributed by atoms with Crippen molar-refractivity contribution in [2.75, 3.05) is 32.6 Å². The molecule has 0 saturated heterocycles. The van der Waals surface area contributed by atoms with E-state index in [1.807, 2.05) is 0 Å². The van der Waals surface area contributed by atoms with Crippen LogP contribution in [0.4, 0.5) is 5.69 Å². The minimum Gasteiger partial charge on any atom is -0.497 e. The number of sulfonamides is 1. The Hall–Kier alpha value is -2.62. The molecule has 9 heteroatoms. The Labute approximate surface area is 158 Å². The van der Waals surface area contributed by atoms with Crippen LogP contribution in [0, 0.1) is 0 Å². The normalized spacial score (nSPS) is 11.1. The zero-order chi connectivity index (χ0) is 19.9. The van der Waals surface area contributed by atoms with Crippen LogP contribution in [-0.2, 0) is 21.2 Å². The summed E-state index contributed by atoms with van der Waals surface area (Å²) < 4.78 is 37.1. The van der Waals surface area contributed by atoms with Gasteiger partial charge in [0.25, 0.3) is 0 Å². The van der Waals surface area contributed by atoms with E-state index in [1.54, 1.807) is 30.3 Å². The number of benzene rings is 2. The molecule has 0 fully saturated rings. The number of anilines is 1. The summed E-state index contributed by atoms with van der Waals surface area (Å²) in [4.78, 5) is 12.4. The predicted octanol–water partition coefficient (Wildman–Crippen LogP) is 1.12. The summed E-state index contributed by atoms with van der Waals surface area (Å²) in [5.41, 5.74) is 6.35. The fourth-order valence-corrected chi connectivity index (χ4v) is 3.51. The molecule has 2 rings (SSSR count). The molecule has 0 aliphatic heterocycles. The number of carbonyl (C=O) groups is 1. The number of amides is 1. The first kappa shape index (κ1) is 20.7. The van der Waals surface area contributed by atoms with E-state index < -0.39 is 10.0 Å². The number of rotatable bonds is 9. The lowest BCUT2D eigenvalue weighted by Gasteiger charge is -2.12. The second kappa shape index (κ2) is 9.36. The van der Waals surface area contributed by atoms with E-state index in [-0.39, 0.29) is 30.3 Å². The molecule has 0 saturated carbocycles. The van der Waals surface area contributed by atoms with Crippen molar-refractivity contribution in [2.24, 2.45) is 5.73 Å². The van der Waals surface area contributed by atoms with Crippen LogP contribution in [0.1, 0.15) is 5.56 Å². The molecule has 2 aromatic rings. The van der Waals surface area contributed by atoms with E-state index in [0.717, 1.165) is 0 Å². The Balaban J connectivity index is 2.14. The molecule has 0 heterocycles. The fourth-order valence-electron chi connectivity index (χ4n) is 2.42. The number of hydrogen-bond acceptors (Lipinski definition) is 6.